The van der Waals surface area contributed by atoms with Crippen molar-refractivity contribution in [2.45, 2.75) is 45.1 Å². The highest BCUT2D eigenvalue weighted by atomic mass is 16.4. The molecular weight excluding hydrogens is 224 g/mol. The highest BCUT2D eigenvalue weighted by Gasteiger charge is 2.18. The predicted molar refractivity (Wildman–Crippen MR) is 62.4 cm³/mol. The summed E-state index contributed by atoms with van der Waals surface area (Å²) in [5.74, 6) is -1.33. The Morgan fingerprint density at radius 3 is 2.59 bits per heavy atom. The van der Waals surface area contributed by atoms with E-state index >= 15 is 0 Å². The fourth-order valence-electron chi connectivity index (χ4n) is 1.35. The molecule has 0 aliphatic heterocycles. The van der Waals surface area contributed by atoms with Crippen molar-refractivity contribution in [2.75, 3.05) is 6.54 Å². The van der Waals surface area contributed by atoms with E-state index < -0.39 is 12.0 Å². The number of nitrogens with one attached hydrogen (secondary N) is 2. The van der Waals surface area contributed by atoms with Crippen molar-refractivity contribution < 1.29 is 19.5 Å². The van der Waals surface area contributed by atoms with Gasteiger partial charge in [-0.1, -0.05) is 19.8 Å². The summed E-state index contributed by atoms with van der Waals surface area (Å²) < 4.78 is 0. The lowest BCUT2D eigenvalue weighted by atomic mass is 10.1. The molecule has 6 heteroatoms. The van der Waals surface area contributed by atoms with E-state index in [9.17, 15) is 14.4 Å². The van der Waals surface area contributed by atoms with Gasteiger partial charge in [-0.25, -0.2) is 4.79 Å². The molecule has 1 unspecified atom stereocenters. The van der Waals surface area contributed by atoms with Gasteiger partial charge in [-0.15, -0.1) is 0 Å². The van der Waals surface area contributed by atoms with Crippen LogP contribution in [0.1, 0.15) is 39.0 Å². The maximum absolute atomic E-state index is 11.4. The maximum atomic E-state index is 11.4. The van der Waals surface area contributed by atoms with Gasteiger partial charge in [0.25, 0.3) is 0 Å². The molecule has 0 aliphatic carbocycles. The normalized spacial score (nSPS) is 11.6. The van der Waals surface area contributed by atoms with Gasteiger partial charge < -0.3 is 15.7 Å². The van der Waals surface area contributed by atoms with Gasteiger partial charge in [-0.05, 0) is 12.8 Å². The number of unbranched alkanes of at least 4 members (excludes halogenated alkanes) is 2. The van der Waals surface area contributed by atoms with Crippen molar-refractivity contribution in [2.24, 2.45) is 0 Å². The van der Waals surface area contributed by atoms with Crippen molar-refractivity contribution in [3.8, 4) is 0 Å². The third kappa shape index (κ3) is 8.24. The van der Waals surface area contributed by atoms with Crippen molar-refractivity contribution in [1.29, 1.82) is 0 Å². The van der Waals surface area contributed by atoms with Crippen LogP contribution in [0.25, 0.3) is 0 Å². The molecule has 1 atom stereocenters. The summed E-state index contributed by atoms with van der Waals surface area (Å²) in [5, 5.41) is 13.7. The number of rotatable bonds is 10. The third-order valence-corrected chi connectivity index (χ3v) is 2.30. The van der Waals surface area contributed by atoms with Gasteiger partial charge in [0, 0.05) is 13.0 Å². The minimum absolute atomic E-state index is 0.188. The van der Waals surface area contributed by atoms with Crippen LogP contribution in [0, 0.1) is 0 Å². The van der Waals surface area contributed by atoms with Crippen LogP contribution in [0.2, 0.25) is 0 Å². The molecule has 0 saturated heterocycles. The minimum Gasteiger partial charge on any atom is -0.480 e. The lowest BCUT2D eigenvalue weighted by Gasteiger charge is -2.14. The second-order valence-corrected chi connectivity index (χ2v) is 3.78. The van der Waals surface area contributed by atoms with Crippen LogP contribution in [0.4, 0.5) is 0 Å². The van der Waals surface area contributed by atoms with E-state index in [1.807, 2.05) is 6.92 Å². The van der Waals surface area contributed by atoms with Crippen molar-refractivity contribution >= 4 is 18.3 Å². The zero-order valence-electron chi connectivity index (χ0n) is 10.1. The Bertz CT molecular complexity index is 256. The van der Waals surface area contributed by atoms with Crippen molar-refractivity contribution in [3.05, 3.63) is 0 Å². The molecule has 0 fully saturated rings. The van der Waals surface area contributed by atoms with E-state index in [4.69, 9.17) is 5.11 Å². The Labute approximate surface area is 101 Å². The number of carbonyl (C=O) groups excluding carboxylic acids is 2. The van der Waals surface area contributed by atoms with Crippen LogP contribution >= 0.6 is 0 Å². The molecule has 0 spiro atoms. The molecule has 0 aliphatic rings. The van der Waals surface area contributed by atoms with E-state index in [0.29, 0.717) is 12.8 Å². The van der Waals surface area contributed by atoms with Crippen molar-refractivity contribution in [3.63, 3.8) is 0 Å². The lowest BCUT2D eigenvalue weighted by molar-refractivity contribution is -0.142. The SMILES string of the molecule is CCCCCC(=O)NC(CCNC=O)C(=O)O. The van der Waals surface area contributed by atoms with Gasteiger partial charge in [0.1, 0.15) is 6.04 Å². The maximum Gasteiger partial charge on any atom is 0.326 e. The molecule has 0 saturated carbocycles. The molecule has 98 valence electrons. The van der Waals surface area contributed by atoms with E-state index in [1.54, 1.807) is 0 Å². The number of carbonyl (C=O) groups is 3. The van der Waals surface area contributed by atoms with Crippen LogP contribution in [0.15, 0.2) is 0 Å². The largest absolute Gasteiger partial charge is 0.480 e. The molecule has 0 aromatic rings. The van der Waals surface area contributed by atoms with Gasteiger partial charge in [0.2, 0.25) is 12.3 Å². The van der Waals surface area contributed by atoms with E-state index in [2.05, 4.69) is 10.6 Å². The highest BCUT2D eigenvalue weighted by molar-refractivity contribution is 5.83. The van der Waals surface area contributed by atoms with Gasteiger partial charge >= 0.3 is 5.97 Å². The Kier molecular flexibility index (Phi) is 8.72. The number of carboxylic acid groups (broad SMARTS) is 1. The number of hydrogen-bond acceptors (Lipinski definition) is 3. The van der Waals surface area contributed by atoms with Gasteiger partial charge in [0.15, 0.2) is 0 Å². The van der Waals surface area contributed by atoms with Gasteiger partial charge in [-0.2, -0.15) is 0 Å². The molecule has 0 aromatic carbocycles. The first-order chi connectivity index (χ1) is 8.11. The van der Waals surface area contributed by atoms with Gasteiger partial charge in [0.05, 0.1) is 0 Å². The summed E-state index contributed by atoms with van der Waals surface area (Å²) >= 11 is 0. The Morgan fingerprint density at radius 1 is 1.35 bits per heavy atom. The van der Waals surface area contributed by atoms with Crippen LogP contribution in [-0.2, 0) is 14.4 Å². The summed E-state index contributed by atoms with van der Waals surface area (Å²) in [6.45, 7) is 2.26. The minimum atomic E-state index is -1.08. The molecule has 6 nitrogen and oxygen atoms in total. The lowest BCUT2D eigenvalue weighted by Crippen LogP contribution is -2.42. The third-order valence-electron chi connectivity index (χ3n) is 2.30. The first-order valence-corrected chi connectivity index (χ1v) is 5.81. The molecular formula is C11H20N2O4. The summed E-state index contributed by atoms with van der Waals surface area (Å²) in [5.41, 5.74) is 0. The smallest absolute Gasteiger partial charge is 0.326 e. The summed E-state index contributed by atoms with van der Waals surface area (Å²) in [4.78, 5) is 32.2. The second kappa shape index (κ2) is 9.62. The quantitative estimate of drug-likeness (QED) is 0.380. The average molecular weight is 244 g/mol. The molecule has 0 radical (unpaired) electrons. The summed E-state index contributed by atoms with van der Waals surface area (Å²) in [6, 6.07) is -0.934. The van der Waals surface area contributed by atoms with E-state index in [0.717, 1.165) is 19.3 Å². The van der Waals surface area contributed by atoms with E-state index in [1.165, 1.54) is 0 Å². The number of amides is 2. The molecule has 2 amide bonds. The molecule has 3 N–H and O–H groups in total. The van der Waals surface area contributed by atoms with Gasteiger partial charge in [-0.3, -0.25) is 9.59 Å². The number of aliphatic carboxylic acids is 1. The van der Waals surface area contributed by atoms with E-state index in [-0.39, 0.29) is 18.9 Å². The Morgan fingerprint density at radius 2 is 2.06 bits per heavy atom. The summed E-state index contributed by atoms with van der Waals surface area (Å²) in [7, 11) is 0. The van der Waals surface area contributed by atoms with Crippen LogP contribution in [-0.4, -0.2) is 36.0 Å². The number of hydrogen-bond donors (Lipinski definition) is 3. The monoisotopic (exact) mass is 244 g/mol. The number of carboxylic acids is 1. The molecule has 17 heavy (non-hydrogen) atoms. The first-order valence-electron chi connectivity index (χ1n) is 5.81. The highest BCUT2D eigenvalue weighted by Crippen LogP contribution is 2.00. The Hall–Kier alpha value is -1.59. The fourth-order valence-corrected chi connectivity index (χ4v) is 1.35. The topological polar surface area (TPSA) is 95.5 Å². The van der Waals surface area contributed by atoms with Crippen molar-refractivity contribution in [1.82, 2.24) is 10.6 Å². The molecule has 0 bridgehead atoms. The molecule has 0 aromatic heterocycles. The predicted octanol–water partition coefficient (Wildman–Crippen LogP) is 0.272. The summed E-state index contributed by atoms with van der Waals surface area (Å²) in [6.07, 6.45) is 3.77. The van der Waals surface area contributed by atoms with Crippen LogP contribution in [0.3, 0.4) is 0 Å². The molecule has 0 rings (SSSR count). The molecule has 0 heterocycles. The average Bonchev–Trinajstić information content (AvgIpc) is 2.28. The first kappa shape index (κ1) is 15.4. The Balaban J connectivity index is 3.93. The second-order valence-electron chi connectivity index (χ2n) is 3.78. The fraction of sp³-hybridized carbons (Fsp3) is 0.727. The van der Waals surface area contributed by atoms with Crippen LogP contribution in [0.5, 0.6) is 0 Å². The standard InChI is InChI=1S/C11H20N2O4/c1-2-3-4-5-10(15)13-9(11(16)17)6-7-12-8-14/h8-9H,2-7H2,1H3,(H,12,14)(H,13,15)(H,16,17). The zero-order valence-corrected chi connectivity index (χ0v) is 10.1. The zero-order chi connectivity index (χ0) is 13.1. The van der Waals surface area contributed by atoms with Crippen LogP contribution < -0.4 is 10.6 Å².